The van der Waals surface area contributed by atoms with Crippen LogP contribution < -0.4 is 0 Å². The van der Waals surface area contributed by atoms with Crippen LogP contribution >= 0.6 is 49.9 Å². The lowest BCUT2D eigenvalue weighted by Gasteiger charge is -2.15. The normalized spacial score (nSPS) is 12.8. The van der Waals surface area contributed by atoms with Crippen molar-refractivity contribution in [1.82, 2.24) is 0 Å². The summed E-state index contributed by atoms with van der Waals surface area (Å²) in [6, 6.07) is 11.4. The maximum absolute atomic E-state index is 3.76. The van der Waals surface area contributed by atoms with Crippen molar-refractivity contribution in [2.24, 2.45) is 0 Å². The van der Waals surface area contributed by atoms with Gasteiger partial charge in [-0.25, -0.2) is 0 Å². The van der Waals surface area contributed by atoms with Crippen LogP contribution in [-0.2, 0) is 10.8 Å². The fourth-order valence-electron chi connectivity index (χ4n) is 2.37. The molecular formula is C20H23BrS3. The molecule has 0 aliphatic heterocycles. The molecule has 3 aromatic heterocycles. The highest BCUT2D eigenvalue weighted by atomic mass is 79.9. The Kier molecular flexibility index (Phi) is 4.89. The minimum absolute atomic E-state index is 0.195. The predicted molar refractivity (Wildman–Crippen MR) is 116 cm³/mol. The highest BCUT2D eigenvalue weighted by Gasteiger charge is 2.21. The van der Waals surface area contributed by atoms with Crippen molar-refractivity contribution in [3.63, 3.8) is 0 Å². The molecule has 0 amide bonds. The van der Waals surface area contributed by atoms with Crippen LogP contribution in [0.5, 0.6) is 0 Å². The fourth-order valence-corrected chi connectivity index (χ4v) is 6.73. The van der Waals surface area contributed by atoms with E-state index >= 15 is 0 Å². The highest BCUT2D eigenvalue weighted by Crippen LogP contribution is 2.46. The second kappa shape index (κ2) is 6.39. The summed E-state index contributed by atoms with van der Waals surface area (Å²) in [5.41, 5.74) is 0.419. The van der Waals surface area contributed by atoms with Crippen LogP contribution in [-0.4, -0.2) is 0 Å². The van der Waals surface area contributed by atoms with E-state index in [1.807, 2.05) is 34.0 Å². The molecular weight excluding hydrogens is 416 g/mol. The van der Waals surface area contributed by atoms with Gasteiger partial charge in [-0.2, -0.15) is 0 Å². The first-order chi connectivity index (χ1) is 11.1. The standard InChI is InChI=1S/C20H23BrS3/c1-19(2,3)16-10-9-14(23-16)13-7-8-15(22-13)18-12(21)11-17(24-18)20(4,5)6/h7-11H,1-6H3. The number of rotatable bonds is 2. The van der Waals surface area contributed by atoms with Crippen molar-refractivity contribution in [3.8, 4) is 19.5 Å². The molecule has 0 aliphatic rings. The van der Waals surface area contributed by atoms with Crippen molar-refractivity contribution in [1.29, 1.82) is 0 Å². The molecule has 0 nitrogen and oxygen atoms in total. The lowest BCUT2D eigenvalue weighted by molar-refractivity contribution is 0.603. The Morgan fingerprint density at radius 3 is 1.75 bits per heavy atom. The number of thiophene rings is 3. The number of hydrogen-bond acceptors (Lipinski definition) is 3. The molecule has 0 radical (unpaired) electrons. The quantitative estimate of drug-likeness (QED) is 0.375. The zero-order valence-electron chi connectivity index (χ0n) is 15.0. The van der Waals surface area contributed by atoms with Gasteiger partial charge in [0.15, 0.2) is 0 Å². The molecule has 0 fully saturated rings. The van der Waals surface area contributed by atoms with Gasteiger partial charge in [0, 0.05) is 28.9 Å². The van der Waals surface area contributed by atoms with Gasteiger partial charge in [0.1, 0.15) is 0 Å². The summed E-state index contributed by atoms with van der Waals surface area (Å²) in [5, 5.41) is 0. The largest absolute Gasteiger partial charge is 0.139 e. The van der Waals surface area contributed by atoms with Crippen LogP contribution in [0.15, 0.2) is 34.8 Å². The van der Waals surface area contributed by atoms with Crippen LogP contribution in [0.1, 0.15) is 51.3 Å². The van der Waals surface area contributed by atoms with Crippen molar-refractivity contribution in [2.75, 3.05) is 0 Å². The second-order valence-electron chi connectivity index (χ2n) is 8.12. The van der Waals surface area contributed by atoms with Gasteiger partial charge in [0.05, 0.1) is 4.88 Å². The van der Waals surface area contributed by atoms with E-state index in [0.717, 1.165) is 0 Å². The summed E-state index contributed by atoms with van der Waals surface area (Å²) in [4.78, 5) is 8.31. The first-order valence-corrected chi connectivity index (χ1v) is 11.3. The minimum atomic E-state index is 0.195. The van der Waals surface area contributed by atoms with E-state index in [1.54, 1.807) is 0 Å². The third-order valence-corrected chi connectivity index (χ3v) is 9.26. The van der Waals surface area contributed by atoms with E-state index in [2.05, 4.69) is 87.8 Å². The summed E-state index contributed by atoms with van der Waals surface area (Å²) in [6.45, 7) is 13.6. The molecule has 4 heteroatoms. The molecule has 0 N–H and O–H groups in total. The molecule has 0 atom stereocenters. The first-order valence-electron chi connectivity index (χ1n) is 8.06. The topological polar surface area (TPSA) is 0 Å². The predicted octanol–water partition coefficient (Wildman–Crippen LogP) is 8.56. The first kappa shape index (κ1) is 18.4. The van der Waals surface area contributed by atoms with Crippen LogP contribution in [0, 0.1) is 0 Å². The average Bonchev–Trinajstić information content (AvgIpc) is 3.14. The highest BCUT2D eigenvalue weighted by molar-refractivity contribution is 9.10. The molecule has 3 rings (SSSR count). The van der Waals surface area contributed by atoms with Gasteiger partial charge in [-0.15, -0.1) is 34.0 Å². The zero-order valence-corrected chi connectivity index (χ0v) is 19.0. The third kappa shape index (κ3) is 3.72. The maximum atomic E-state index is 3.76. The van der Waals surface area contributed by atoms with Gasteiger partial charge in [-0.1, -0.05) is 41.5 Å². The Morgan fingerprint density at radius 1 is 0.667 bits per heavy atom. The van der Waals surface area contributed by atoms with E-state index < -0.39 is 0 Å². The van der Waals surface area contributed by atoms with Crippen LogP contribution in [0.2, 0.25) is 0 Å². The minimum Gasteiger partial charge on any atom is -0.139 e. The molecule has 0 saturated heterocycles. The van der Waals surface area contributed by atoms with Crippen LogP contribution in [0.3, 0.4) is 0 Å². The van der Waals surface area contributed by atoms with E-state index in [1.165, 1.54) is 33.7 Å². The molecule has 0 aliphatic carbocycles. The van der Waals surface area contributed by atoms with Crippen molar-refractivity contribution < 1.29 is 0 Å². The smallest absolute Gasteiger partial charge is 0.0587 e. The Morgan fingerprint density at radius 2 is 1.21 bits per heavy atom. The molecule has 128 valence electrons. The maximum Gasteiger partial charge on any atom is 0.0587 e. The molecule has 3 heterocycles. The molecule has 0 spiro atoms. The Bertz CT molecular complexity index is 850. The van der Waals surface area contributed by atoms with Crippen LogP contribution in [0.25, 0.3) is 19.5 Å². The molecule has 0 bridgehead atoms. The molecule has 3 aromatic rings. The Hall–Kier alpha value is -0.420. The lowest BCUT2D eigenvalue weighted by Crippen LogP contribution is -2.07. The van der Waals surface area contributed by atoms with Gasteiger partial charge in [-0.05, 0) is 57.1 Å². The molecule has 0 aromatic carbocycles. The van der Waals surface area contributed by atoms with Crippen molar-refractivity contribution in [3.05, 3.63) is 44.6 Å². The summed E-state index contributed by atoms with van der Waals surface area (Å²) in [6.07, 6.45) is 0. The zero-order chi connectivity index (χ0) is 17.7. The average molecular weight is 440 g/mol. The van der Waals surface area contributed by atoms with Crippen LogP contribution in [0.4, 0.5) is 0 Å². The van der Waals surface area contributed by atoms with Crippen molar-refractivity contribution in [2.45, 2.75) is 52.4 Å². The van der Waals surface area contributed by atoms with Crippen molar-refractivity contribution >= 4 is 49.9 Å². The lowest BCUT2D eigenvalue weighted by atomic mass is 9.95. The summed E-state index contributed by atoms with van der Waals surface area (Å²) in [5.74, 6) is 0. The summed E-state index contributed by atoms with van der Waals surface area (Å²) < 4.78 is 1.22. The van der Waals surface area contributed by atoms with E-state index in [-0.39, 0.29) is 10.8 Å². The molecule has 24 heavy (non-hydrogen) atoms. The van der Waals surface area contributed by atoms with E-state index in [4.69, 9.17) is 0 Å². The molecule has 0 saturated carbocycles. The Labute approximate surface area is 165 Å². The second-order valence-corrected chi connectivity index (χ2v) is 12.2. The number of halogens is 1. The molecule has 0 unspecified atom stereocenters. The third-order valence-electron chi connectivity index (χ3n) is 3.84. The monoisotopic (exact) mass is 438 g/mol. The summed E-state index contributed by atoms with van der Waals surface area (Å²) >= 11 is 9.48. The summed E-state index contributed by atoms with van der Waals surface area (Å²) in [7, 11) is 0. The van der Waals surface area contributed by atoms with Gasteiger partial charge in [0.25, 0.3) is 0 Å². The van der Waals surface area contributed by atoms with Gasteiger partial charge >= 0.3 is 0 Å². The number of hydrogen-bond donors (Lipinski definition) is 0. The van der Waals surface area contributed by atoms with Gasteiger partial charge < -0.3 is 0 Å². The van der Waals surface area contributed by atoms with E-state index in [9.17, 15) is 0 Å². The SMILES string of the molecule is CC(C)(C)c1ccc(-c2ccc(-c3sc(C(C)(C)C)cc3Br)s2)s1. The van der Waals surface area contributed by atoms with E-state index in [0.29, 0.717) is 0 Å². The fraction of sp³-hybridized carbons (Fsp3) is 0.400. The van der Waals surface area contributed by atoms with Gasteiger partial charge in [0.2, 0.25) is 0 Å². The van der Waals surface area contributed by atoms with Gasteiger partial charge in [-0.3, -0.25) is 0 Å². The Balaban J connectivity index is 1.94.